The number of hydrogen-bond donors (Lipinski definition) is 1. The van der Waals surface area contributed by atoms with E-state index in [1.54, 1.807) is 0 Å². The third-order valence-corrected chi connectivity index (χ3v) is 2.80. The molecule has 78 valence electrons. The number of pyridine rings is 1. The van der Waals surface area contributed by atoms with Crippen molar-refractivity contribution in [2.24, 2.45) is 0 Å². The largest absolute Gasteiger partial charge is 0.313 e. The van der Waals surface area contributed by atoms with Crippen LogP contribution in [0.5, 0.6) is 0 Å². The van der Waals surface area contributed by atoms with Crippen LogP contribution in [0.4, 0.5) is 0 Å². The molecule has 15 heavy (non-hydrogen) atoms. The lowest BCUT2D eigenvalue weighted by Crippen LogP contribution is -2.15. The molecule has 1 aromatic heterocycles. The van der Waals surface area contributed by atoms with Crippen LogP contribution in [-0.4, -0.2) is 12.0 Å². The van der Waals surface area contributed by atoms with E-state index in [-0.39, 0.29) is 0 Å². The molecule has 0 radical (unpaired) electrons. The average Bonchev–Trinajstić information content (AvgIpc) is 2.31. The van der Waals surface area contributed by atoms with Crippen LogP contribution in [0.2, 0.25) is 0 Å². The normalized spacial score (nSPS) is 12.9. The Morgan fingerprint density at radius 3 is 2.80 bits per heavy atom. The highest BCUT2D eigenvalue weighted by atomic mass is 14.9. The molecule has 0 saturated carbocycles. The fourth-order valence-corrected chi connectivity index (χ4v) is 1.99. The van der Waals surface area contributed by atoms with Crippen molar-refractivity contribution in [1.82, 2.24) is 10.3 Å². The van der Waals surface area contributed by atoms with Gasteiger partial charge < -0.3 is 5.32 Å². The third-order valence-electron chi connectivity index (χ3n) is 2.80. The van der Waals surface area contributed by atoms with Gasteiger partial charge in [0.1, 0.15) is 0 Å². The van der Waals surface area contributed by atoms with E-state index in [4.69, 9.17) is 0 Å². The summed E-state index contributed by atoms with van der Waals surface area (Å²) in [5.74, 6) is 0. The second-order valence-electron chi connectivity index (χ2n) is 3.67. The highest BCUT2D eigenvalue weighted by Gasteiger charge is 2.10. The van der Waals surface area contributed by atoms with Gasteiger partial charge in [0.05, 0.1) is 5.52 Å². The van der Waals surface area contributed by atoms with Gasteiger partial charge in [-0.2, -0.15) is 0 Å². The highest BCUT2D eigenvalue weighted by molar-refractivity contribution is 5.81. The molecule has 0 bridgehead atoms. The molecule has 0 amide bonds. The Morgan fingerprint density at radius 1 is 1.27 bits per heavy atom. The quantitative estimate of drug-likeness (QED) is 0.824. The molecule has 1 unspecified atom stereocenters. The third kappa shape index (κ3) is 1.85. The predicted octanol–water partition coefficient (Wildman–Crippen LogP) is 2.91. The summed E-state index contributed by atoms with van der Waals surface area (Å²) in [5, 5.41) is 4.53. The molecule has 0 fully saturated rings. The number of aromatic nitrogens is 1. The summed E-state index contributed by atoms with van der Waals surface area (Å²) >= 11 is 0. The smallest absolute Gasteiger partial charge is 0.0749 e. The fourth-order valence-electron chi connectivity index (χ4n) is 1.99. The molecule has 0 spiro atoms. The average molecular weight is 200 g/mol. The Bertz CT molecular complexity index is 442. The maximum atomic E-state index is 4.46. The number of nitrogens with one attached hydrogen (secondary N) is 1. The van der Waals surface area contributed by atoms with Crippen LogP contribution >= 0.6 is 0 Å². The van der Waals surface area contributed by atoms with Gasteiger partial charge in [0.15, 0.2) is 0 Å². The molecular formula is C13H16N2. The summed E-state index contributed by atoms with van der Waals surface area (Å²) < 4.78 is 0. The van der Waals surface area contributed by atoms with E-state index in [9.17, 15) is 0 Å². The zero-order chi connectivity index (χ0) is 10.7. The van der Waals surface area contributed by atoms with E-state index in [0.29, 0.717) is 6.04 Å². The van der Waals surface area contributed by atoms with Gasteiger partial charge in [-0.25, -0.2) is 0 Å². The van der Waals surface area contributed by atoms with Crippen molar-refractivity contribution in [3.63, 3.8) is 0 Å². The molecule has 0 aliphatic carbocycles. The van der Waals surface area contributed by atoms with Crippen molar-refractivity contribution < 1.29 is 0 Å². The summed E-state index contributed by atoms with van der Waals surface area (Å²) in [6.45, 7) is 2.18. The van der Waals surface area contributed by atoms with Crippen molar-refractivity contribution in [1.29, 1.82) is 0 Å². The lowest BCUT2D eigenvalue weighted by molar-refractivity contribution is 0.580. The number of nitrogens with zero attached hydrogens (tertiary/aromatic N) is 1. The monoisotopic (exact) mass is 200 g/mol. The molecule has 0 saturated heterocycles. The van der Waals surface area contributed by atoms with Gasteiger partial charge in [-0.15, -0.1) is 0 Å². The van der Waals surface area contributed by atoms with Gasteiger partial charge in [-0.3, -0.25) is 4.98 Å². The van der Waals surface area contributed by atoms with E-state index in [1.165, 1.54) is 10.9 Å². The van der Waals surface area contributed by atoms with Crippen molar-refractivity contribution in [2.75, 3.05) is 7.05 Å². The Kier molecular flexibility index (Phi) is 2.97. The molecule has 2 heteroatoms. The summed E-state index contributed by atoms with van der Waals surface area (Å²) in [6.07, 6.45) is 2.93. The number of benzene rings is 1. The molecule has 0 aliphatic rings. The number of hydrogen-bond acceptors (Lipinski definition) is 2. The van der Waals surface area contributed by atoms with Crippen LogP contribution in [0.1, 0.15) is 24.9 Å². The zero-order valence-corrected chi connectivity index (χ0v) is 9.20. The molecule has 1 atom stereocenters. The molecule has 2 aromatic rings. The molecular weight excluding hydrogens is 184 g/mol. The Balaban J connectivity index is 2.59. The topological polar surface area (TPSA) is 24.9 Å². The van der Waals surface area contributed by atoms with Crippen LogP contribution in [0, 0.1) is 0 Å². The van der Waals surface area contributed by atoms with E-state index in [1.807, 2.05) is 19.3 Å². The molecule has 1 aromatic carbocycles. The van der Waals surface area contributed by atoms with Crippen molar-refractivity contribution in [3.05, 3.63) is 42.1 Å². The predicted molar refractivity (Wildman–Crippen MR) is 63.8 cm³/mol. The zero-order valence-electron chi connectivity index (χ0n) is 9.20. The van der Waals surface area contributed by atoms with E-state index < -0.39 is 0 Å². The second-order valence-corrected chi connectivity index (χ2v) is 3.67. The SMILES string of the molecule is CCC(NC)c1cccc2cccnc12. The molecule has 0 aliphatic heterocycles. The number of para-hydroxylation sites is 1. The molecule has 1 heterocycles. The van der Waals surface area contributed by atoms with Gasteiger partial charge in [0, 0.05) is 17.6 Å². The lowest BCUT2D eigenvalue weighted by Gasteiger charge is -2.15. The van der Waals surface area contributed by atoms with Crippen molar-refractivity contribution in [3.8, 4) is 0 Å². The minimum Gasteiger partial charge on any atom is -0.313 e. The van der Waals surface area contributed by atoms with Crippen molar-refractivity contribution >= 4 is 10.9 Å². The minimum absolute atomic E-state index is 0.392. The number of fused-ring (bicyclic) bond motifs is 1. The first-order valence-electron chi connectivity index (χ1n) is 5.37. The van der Waals surface area contributed by atoms with Crippen LogP contribution in [-0.2, 0) is 0 Å². The summed E-state index contributed by atoms with van der Waals surface area (Å²) in [7, 11) is 2.00. The van der Waals surface area contributed by atoms with Crippen LogP contribution in [0.15, 0.2) is 36.5 Å². The van der Waals surface area contributed by atoms with Gasteiger partial charge in [-0.1, -0.05) is 31.2 Å². The summed E-state index contributed by atoms with van der Waals surface area (Å²) in [5.41, 5.74) is 2.40. The first kappa shape index (κ1) is 10.1. The van der Waals surface area contributed by atoms with E-state index in [0.717, 1.165) is 11.9 Å². The van der Waals surface area contributed by atoms with Crippen LogP contribution < -0.4 is 5.32 Å². The summed E-state index contributed by atoms with van der Waals surface area (Å²) in [6, 6.07) is 10.8. The molecule has 2 nitrogen and oxygen atoms in total. The minimum atomic E-state index is 0.392. The Hall–Kier alpha value is -1.41. The first-order valence-corrected chi connectivity index (χ1v) is 5.37. The maximum Gasteiger partial charge on any atom is 0.0749 e. The van der Waals surface area contributed by atoms with Gasteiger partial charge in [0.25, 0.3) is 0 Å². The highest BCUT2D eigenvalue weighted by Crippen LogP contribution is 2.23. The standard InChI is InChI=1S/C13H16N2/c1-3-12(14-2)11-8-4-6-10-7-5-9-15-13(10)11/h4-9,12,14H,3H2,1-2H3. The molecule has 1 N–H and O–H groups in total. The van der Waals surface area contributed by atoms with Crippen LogP contribution in [0.3, 0.4) is 0 Å². The fraction of sp³-hybridized carbons (Fsp3) is 0.308. The maximum absolute atomic E-state index is 4.46. The Labute approximate surface area is 90.3 Å². The molecule has 2 rings (SSSR count). The second kappa shape index (κ2) is 4.41. The van der Waals surface area contributed by atoms with Gasteiger partial charge in [0.2, 0.25) is 0 Å². The van der Waals surface area contributed by atoms with Gasteiger partial charge >= 0.3 is 0 Å². The number of rotatable bonds is 3. The lowest BCUT2D eigenvalue weighted by atomic mass is 10.0. The Morgan fingerprint density at radius 2 is 2.07 bits per heavy atom. The van der Waals surface area contributed by atoms with Crippen LogP contribution in [0.25, 0.3) is 10.9 Å². The van der Waals surface area contributed by atoms with Crippen molar-refractivity contribution in [2.45, 2.75) is 19.4 Å². The summed E-state index contributed by atoms with van der Waals surface area (Å²) in [4.78, 5) is 4.46. The van der Waals surface area contributed by atoms with E-state index in [2.05, 4.69) is 41.5 Å². The van der Waals surface area contributed by atoms with E-state index >= 15 is 0 Å². The van der Waals surface area contributed by atoms with Gasteiger partial charge in [-0.05, 0) is 25.1 Å². The first-order chi connectivity index (χ1) is 7.36.